The minimum absolute atomic E-state index is 0.0837. The van der Waals surface area contributed by atoms with Crippen LogP contribution in [-0.4, -0.2) is 23.0 Å². The monoisotopic (exact) mass is 351 g/mol. The summed E-state index contributed by atoms with van der Waals surface area (Å²) < 4.78 is 40.1. The first-order chi connectivity index (χ1) is 11.9. The van der Waals surface area contributed by atoms with Gasteiger partial charge in [-0.25, -0.2) is 18.0 Å². The number of hydrogen-bond acceptors (Lipinski definition) is 2. The highest BCUT2D eigenvalue weighted by Crippen LogP contribution is 2.15. The van der Waals surface area contributed by atoms with Gasteiger partial charge in [-0.15, -0.1) is 0 Å². The number of carbonyl (C=O) groups excluding carboxylic acids is 1. The van der Waals surface area contributed by atoms with Crippen LogP contribution in [-0.2, 0) is 11.2 Å². The molecule has 1 amide bonds. The topological polar surface area (TPSA) is 66.4 Å². The van der Waals surface area contributed by atoms with Crippen molar-refractivity contribution in [2.45, 2.75) is 25.3 Å². The maximum absolute atomic E-state index is 13.6. The van der Waals surface area contributed by atoms with E-state index in [1.807, 2.05) is 30.3 Å². The molecule has 7 heteroatoms. The van der Waals surface area contributed by atoms with Crippen LogP contribution in [0.1, 0.15) is 28.8 Å². The Kier molecular flexibility index (Phi) is 6.16. The molecule has 4 nitrogen and oxygen atoms in total. The highest BCUT2D eigenvalue weighted by Gasteiger charge is 2.25. The first-order valence-electron chi connectivity index (χ1n) is 7.60. The summed E-state index contributed by atoms with van der Waals surface area (Å²) in [5.74, 6) is -6.48. The summed E-state index contributed by atoms with van der Waals surface area (Å²) in [6.45, 7) is 0. The van der Waals surface area contributed by atoms with Crippen molar-refractivity contribution in [2.24, 2.45) is 0 Å². The molecule has 0 fully saturated rings. The van der Waals surface area contributed by atoms with Crippen LogP contribution in [0.15, 0.2) is 42.5 Å². The van der Waals surface area contributed by atoms with Gasteiger partial charge in [0.1, 0.15) is 29.1 Å². The molecule has 0 saturated heterocycles. The summed E-state index contributed by atoms with van der Waals surface area (Å²) >= 11 is 0. The molecule has 0 unspecified atom stereocenters. The molecule has 25 heavy (non-hydrogen) atoms. The average molecular weight is 351 g/mol. The van der Waals surface area contributed by atoms with E-state index in [0.29, 0.717) is 25.0 Å². The fourth-order valence-corrected chi connectivity index (χ4v) is 2.40. The lowest BCUT2D eigenvalue weighted by molar-refractivity contribution is -0.139. The largest absolute Gasteiger partial charge is 0.480 e. The number of nitrogens with one attached hydrogen (secondary N) is 1. The van der Waals surface area contributed by atoms with Crippen molar-refractivity contribution in [1.29, 1.82) is 0 Å². The van der Waals surface area contributed by atoms with Gasteiger partial charge in [0.25, 0.3) is 5.91 Å². The number of carboxylic acid groups (broad SMARTS) is 1. The summed E-state index contributed by atoms with van der Waals surface area (Å²) in [7, 11) is 0. The molecule has 0 radical (unpaired) electrons. The molecule has 0 aliphatic carbocycles. The Morgan fingerprint density at radius 3 is 2.20 bits per heavy atom. The third-order valence-corrected chi connectivity index (χ3v) is 3.64. The van der Waals surface area contributed by atoms with Gasteiger partial charge in [-0.2, -0.15) is 0 Å². The van der Waals surface area contributed by atoms with E-state index in [1.165, 1.54) is 0 Å². The molecule has 0 saturated carbocycles. The molecule has 0 aliphatic heterocycles. The van der Waals surface area contributed by atoms with Crippen molar-refractivity contribution in [3.8, 4) is 0 Å². The highest BCUT2D eigenvalue weighted by molar-refractivity contribution is 5.97. The summed E-state index contributed by atoms with van der Waals surface area (Å²) in [5.41, 5.74) is 0.00398. The molecular formula is C18H16F3NO3. The Balaban J connectivity index is 2.01. The number of carbonyl (C=O) groups is 2. The van der Waals surface area contributed by atoms with Crippen molar-refractivity contribution < 1.29 is 27.9 Å². The lowest BCUT2D eigenvalue weighted by atomic mass is 10.0. The van der Waals surface area contributed by atoms with Crippen LogP contribution in [0.5, 0.6) is 0 Å². The van der Waals surface area contributed by atoms with Crippen LogP contribution in [0.3, 0.4) is 0 Å². The zero-order valence-electron chi connectivity index (χ0n) is 13.1. The van der Waals surface area contributed by atoms with E-state index in [9.17, 15) is 27.9 Å². The Morgan fingerprint density at radius 1 is 1.04 bits per heavy atom. The van der Waals surface area contributed by atoms with Crippen molar-refractivity contribution in [3.05, 3.63) is 71.0 Å². The summed E-state index contributed by atoms with van der Waals surface area (Å²) in [6.07, 6.45) is 1.13. The molecule has 2 aromatic rings. The number of aryl methyl sites for hydroxylation is 1. The van der Waals surface area contributed by atoms with E-state index in [0.717, 1.165) is 5.56 Å². The molecule has 2 rings (SSSR count). The zero-order valence-corrected chi connectivity index (χ0v) is 13.1. The number of amides is 1. The van der Waals surface area contributed by atoms with Gasteiger partial charge >= 0.3 is 5.97 Å². The minimum Gasteiger partial charge on any atom is -0.480 e. The molecule has 0 heterocycles. The Hall–Kier alpha value is -2.83. The van der Waals surface area contributed by atoms with Gasteiger partial charge in [0, 0.05) is 12.1 Å². The zero-order chi connectivity index (χ0) is 18.4. The van der Waals surface area contributed by atoms with E-state index in [1.54, 1.807) is 0 Å². The number of halogens is 3. The molecule has 0 aromatic heterocycles. The van der Waals surface area contributed by atoms with Gasteiger partial charge in [0.2, 0.25) is 0 Å². The van der Waals surface area contributed by atoms with Gasteiger partial charge in [-0.3, -0.25) is 4.79 Å². The molecule has 0 spiro atoms. The second kappa shape index (κ2) is 8.32. The normalized spacial score (nSPS) is 11.8. The van der Waals surface area contributed by atoms with Gasteiger partial charge < -0.3 is 10.4 Å². The Labute approximate surface area is 142 Å². The number of hydrogen-bond donors (Lipinski definition) is 2. The summed E-state index contributed by atoms with van der Waals surface area (Å²) in [4.78, 5) is 23.2. The molecular weight excluding hydrogens is 335 g/mol. The number of aliphatic carboxylic acids is 1. The van der Waals surface area contributed by atoms with Gasteiger partial charge in [-0.05, 0) is 24.8 Å². The SMILES string of the molecule is O=C(N[C@H](CCCc1ccccc1)C(=O)O)c1c(F)cc(F)cc1F. The summed E-state index contributed by atoms with van der Waals surface area (Å²) in [5, 5.41) is 11.3. The molecule has 132 valence electrons. The van der Waals surface area contributed by atoms with Crippen LogP contribution >= 0.6 is 0 Å². The molecule has 2 aromatic carbocycles. The van der Waals surface area contributed by atoms with E-state index < -0.39 is 40.9 Å². The van der Waals surface area contributed by atoms with Gasteiger partial charge in [0.15, 0.2) is 0 Å². The van der Waals surface area contributed by atoms with Gasteiger partial charge in [-0.1, -0.05) is 30.3 Å². The van der Waals surface area contributed by atoms with Crippen molar-refractivity contribution in [3.63, 3.8) is 0 Å². The first-order valence-corrected chi connectivity index (χ1v) is 7.60. The smallest absolute Gasteiger partial charge is 0.326 e. The number of carboxylic acids is 1. The van der Waals surface area contributed by atoms with Gasteiger partial charge in [0.05, 0.1) is 0 Å². The Bertz CT molecular complexity index is 742. The van der Waals surface area contributed by atoms with E-state index in [2.05, 4.69) is 5.32 Å². The number of rotatable bonds is 7. The Morgan fingerprint density at radius 2 is 1.64 bits per heavy atom. The lowest BCUT2D eigenvalue weighted by Gasteiger charge is -2.15. The third-order valence-electron chi connectivity index (χ3n) is 3.64. The molecule has 1 atom stereocenters. The van der Waals surface area contributed by atoms with Crippen LogP contribution in [0.25, 0.3) is 0 Å². The quantitative estimate of drug-likeness (QED) is 0.804. The predicted molar refractivity (Wildman–Crippen MR) is 84.6 cm³/mol. The predicted octanol–water partition coefficient (Wildman–Crippen LogP) is 3.31. The van der Waals surface area contributed by atoms with Crippen LogP contribution in [0, 0.1) is 17.5 Å². The minimum atomic E-state index is -1.39. The molecule has 0 aliphatic rings. The first kappa shape index (κ1) is 18.5. The van der Waals surface area contributed by atoms with Crippen molar-refractivity contribution in [1.82, 2.24) is 5.32 Å². The number of benzene rings is 2. The second-order valence-electron chi connectivity index (χ2n) is 5.49. The maximum atomic E-state index is 13.6. The molecule has 2 N–H and O–H groups in total. The van der Waals surface area contributed by atoms with E-state index in [4.69, 9.17) is 0 Å². The summed E-state index contributed by atoms with van der Waals surface area (Å²) in [6, 6.07) is 8.76. The molecule has 0 bridgehead atoms. The van der Waals surface area contributed by atoms with Crippen molar-refractivity contribution in [2.75, 3.05) is 0 Å². The third kappa shape index (κ3) is 5.07. The maximum Gasteiger partial charge on any atom is 0.326 e. The van der Waals surface area contributed by atoms with Crippen molar-refractivity contribution >= 4 is 11.9 Å². The lowest BCUT2D eigenvalue weighted by Crippen LogP contribution is -2.41. The van der Waals surface area contributed by atoms with E-state index >= 15 is 0 Å². The fourth-order valence-electron chi connectivity index (χ4n) is 2.40. The van der Waals surface area contributed by atoms with Crippen LogP contribution < -0.4 is 5.32 Å². The van der Waals surface area contributed by atoms with Crippen LogP contribution in [0.4, 0.5) is 13.2 Å². The standard InChI is InChI=1S/C18H16F3NO3/c19-12-9-13(20)16(14(21)10-12)17(23)22-15(18(24)25)8-4-7-11-5-2-1-3-6-11/h1-3,5-6,9-10,15H,4,7-8H2,(H,22,23)(H,24,25)/t15-/m1/s1. The average Bonchev–Trinajstić information content (AvgIpc) is 2.53. The second-order valence-corrected chi connectivity index (χ2v) is 5.49. The van der Waals surface area contributed by atoms with Crippen LogP contribution in [0.2, 0.25) is 0 Å². The van der Waals surface area contributed by atoms with E-state index in [-0.39, 0.29) is 6.42 Å². The fraction of sp³-hybridized carbons (Fsp3) is 0.222. The highest BCUT2D eigenvalue weighted by atomic mass is 19.1.